The average Bonchev–Trinajstić information content (AvgIpc) is 2.32. The van der Waals surface area contributed by atoms with Gasteiger partial charge in [-0.3, -0.25) is 4.90 Å². The van der Waals surface area contributed by atoms with E-state index < -0.39 is 0 Å². The van der Waals surface area contributed by atoms with Crippen molar-refractivity contribution in [1.82, 2.24) is 10.2 Å². The first-order chi connectivity index (χ1) is 8.07. The molecule has 1 saturated heterocycles. The molecule has 0 bridgehead atoms. The van der Waals surface area contributed by atoms with E-state index in [1.165, 1.54) is 5.56 Å². The summed E-state index contributed by atoms with van der Waals surface area (Å²) in [5, 5.41) is 3.59. The minimum atomic E-state index is 0.253. The zero-order valence-corrected chi connectivity index (χ0v) is 11.2. The van der Waals surface area contributed by atoms with Crippen molar-refractivity contribution in [3.8, 4) is 0 Å². The lowest BCUT2D eigenvalue weighted by molar-refractivity contribution is 0.106. The number of nitrogens with zero attached hydrogens (tertiary/aromatic N) is 1. The van der Waals surface area contributed by atoms with E-state index in [0.717, 1.165) is 26.1 Å². The van der Waals surface area contributed by atoms with Gasteiger partial charge in [-0.2, -0.15) is 0 Å². The van der Waals surface area contributed by atoms with Crippen LogP contribution in [0.2, 0.25) is 0 Å². The lowest BCUT2D eigenvalue weighted by Crippen LogP contribution is -2.60. The van der Waals surface area contributed by atoms with Gasteiger partial charge in [-0.05, 0) is 32.8 Å². The fraction of sp³-hybridized carbons (Fsp3) is 0.600. The Balaban J connectivity index is 1.89. The van der Waals surface area contributed by atoms with Gasteiger partial charge in [-0.25, -0.2) is 0 Å². The van der Waals surface area contributed by atoms with Crippen LogP contribution in [0.5, 0.6) is 0 Å². The molecule has 1 fully saturated rings. The summed E-state index contributed by atoms with van der Waals surface area (Å²) in [6.07, 6.45) is 1.15. The molecule has 1 aliphatic heterocycles. The molecule has 1 N–H and O–H groups in total. The number of hydrogen-bond donors (Lipinski definition) is 1. The summed E-state index contributed by atoms with van der Waals surface area (Å²) >= 11 is 0. The maximum absolute atomic E-state index is 3.59. The fourth-order valence-electron chi connectivity index (χ4n) is 2.49. The summed E-state index contributed by atoms with van der Waals surface area (Å²) in [6, 6.07) is 11.4. The number of rotatable bonds is 3. The van der Waals surface area contributed by atoms with Crippen LogP contribution in [0.15, 0.2) is 30.3 Å². The van der Waals surface area contributed by atoms with Crippen molar-refractivity contribution < 1.29 is 0 Å². The summed E-state index contributed by atoms with van der Waals surface area (Å²) in [5.41, 5.74) is 1.69. The SMILES string of the molecule is CC1CNC(C)(C)CN1CCc1ccccc1. The van der Waals surface area contributed by atoms with E-state index in [2.05, 4.69) is 61.3 Å². The lowest BCUT2D eigenvalue weighted by Gasteiger charge is -2.43. The second kappa shape index (κ2) is 5.19. The van der Waals surface area contributed by atoms with Crippen molar-refractivity contribution in [2.45, 2.75) is 38.8 Å². The maximum atomic E-state index is 3.59. The molecular weight excluding hydrogens is 208 g/mol. The van der Waals surface area contributed by atoms with Crippen LogP contribution in [-0.4, -0.2) is 36.1 Å². The largest absolute Gasteiger partial charge is 0.309 e. The van der Waals surface area contributed by atoms with Crippen LogP contribution in [0.4, 0.5) is 0 Å². The summed E-state index contributed by atoms with van der Waals surface area (Å²) < 4.78 is 0. The van der Waals surface area contributed by atoms with Gasteiger partial charge in [-0.1, -0.05) is 30.3 Å². The Kier molecular flexibility index (Phi) is 3.85. The van der Waals surface area contributed by atoms with Gasteiger partial charge in [0.05, 0.1) is 0 Å². The summed E-state index contributed by atoms with van der Waals surface area (Å²) in [4.78, 5) is 2.60. The Bertz CT molecular complexity index is 345. The van der Waals surface area contributed by atoms with Crippen LogP contribution >= 0.6 is 0 Å². The molecule has 1 aliphatic rings. The molecule has 2 heteroatoms. The zero-order valence-electron chi connectivity index (χ0n) is 11.2. The van der Waals surface area contributed by atoms with E-state index in [1.54, 1.807) is 0 Å². The molecule has 0 spiro atoms. The van der Waals surface area contributed by atoms with Crippen molar-refractivity contribution in [3.63, 3.8) is 0 Å². The van der Waals surface area contributed by atoms with E-state index in [-0.39, 0.29) is 5.54 Å². The molecule has 1 aromatic rings. The number of nitrogens with one attached hydrogen (secondary N) is 1. The second-order valence-electron chi connectivity index (χ2n) is 5.82. The van der Waals surface area contributed by atoms with Gasteiger partial charge in [-0.15, -0.1) is 0 Å². The highest BCUT2D eigenvalue weighted by molar-refractivity contribution is 5.15. The molecule has 0 saturated carbocycles. The molecule has 94 valence electrons. The average molecular weight is 232 g/mol. The third-order valence-corrected chi connectivity index (χ3v) is 3.63. The van der Waals surface area contributed by atoms with Gasteiger partial charge < -0.3 is 5.32 Å². The summed E-state index contributed by atoms with van der Waals surface area (Å²) in [7, 11) is 0. The van der Waals surface area contributed by atoms with E-state index >= 15 is 0 Å². The minimum absolute atomic E-state index is 0.253. The van der Waals surface area contributed by atoms with Crippen LogP contribution in [0.25, 0.3) is 0 Å². The Labute approximate surface area is 105 Å². The van der Waals surface area contributed by atoms with Crippen molar-refractivity contribution in [1.29, 1.82) is 0 Å². The summed E-state index contributed by atoms with van der Waals surface area (Å²) in [6.45, 7) is 10.3. The number of hydrogen-bond acceptors (Lipinski definition) is 2. The second-order valence-corrected chi connectivity index (χ2v) is 5.82. The maximum Gasteiger partial charge on any atom is 0.0252 e. The van der Waals surface area contributed by atoms with E-state index in [0.29, 0.717) is 6.04 Å². The van der Waals surface area contributed by atoms with Crippen molar-refractivity contribution in [3.05, 3.63) is 35.9 Å². The smallest absolute Gasteiger partial charge is 0.0252 e. The molecule has 0 aromatic heterocycles. The summed E-state index contributed by atoms with van der Waals surface area (Å²) in [5.74, 6) is 0. The third-order valence-electron chi connectivity index (χ3n) is 3.63. The van der Waals surface area contributed by atoms with Gasteiger partial charge in [0.25, 0.3) is 0 Å². The molecule has 17 heavy (non-hydrogen) atoms. The lowest BCUT2D eigenvalue weighted by atomic mass is 9.98. The zero-order chi connectivity index (χ0) is 12.3. The highest BCUT2D eigenvalue weighted by Crippen LogP contribution is 2.15. The van der Waals surface area contributed by atoms with E-state index in [9.17, 15) is 0 Å². The van der Waals surface area contributed by atoms with Crippen molar-refractivity contribution >= 4 is 0 Å². The van der Waals surface area contributed by atoms with Crippen molar-refractivity contribution in [2.24, 2.45) is 0 Å². The standard InChI is InChI=1S/C15H24N2/c1-13-11-16-15(2,3)12-17(13)10-9-14-7-5-4-6-8-14/h4-8,13,16H,9-12H2,1-3H3. The molecule has 0 radical (unpaired) electrons. The predicted molar refractivity (Wildman–Crippen MR) is 73.3 cm³/mol. The molecule has 1 atom stereocenters. The van der Waals surface area contributed by atoms with Crippen LogP contribution in [-0.2, 0) is 6.42 Å². The molecule has 1 unspecified atom stereocenters. The highest BCUT2D eigenvalue weighted by Gasteiger charge is 2.29. The third kappa shape index (κ3) is 3.55. The van der Waals surface area contributed by atoms with Crippen molar-refractivity contribution in [2.75, 3.05) is 19.6 Å². The molecule has 2 rings (SSSR count). The van der Waals surface area contributed by atoms with Crippen LogP contribution < -0.4 is 5.32 Å². The molecule has 1 aromatic carbocycles. The minimum Gasteiger partial charge on any atom is -0.309 e. The Hall–Kier alpha value is -0.860. The first kappa shape index (κ1) is 12.6. The normalized spacial score (nSPS) is 24.8. The van der Waals surface area contributed by atoms with Gasteiger partial charge in [0.1, 0.15) is 0 Å². The first-order valence-corrected chi connectivity index (χ1v) is 6.60. The van der Waals surface area contributed by atoms with Gasteiger partial charge in [0.15, 0.2) is 0 Å². The van der Waals surface area contributed by atoms with E-state index in [1.807, 2.05) is 0 Å². The van der Waals surface area contributed by atoms with Gasteiger partial charge >= 0.3 is 0 Å². The fourth-order valence-corrected chi connectivity index (χ4v) is 2.49. The van der Waals surface area contributed by atoms with Crippen LogP contribution in [0, 0.1) is 0 Å². The molecule has 1 heterocycles. The highest BCUT2D eigenvalue weighted by atomic mass is 15.2. The molecule has 2 nitrogen and oxygen atoms in total. The molecular formula is C15H24N2. The van der Waals surface area contributed by atoms with Crippen LogP contribution in [0.1, 0.15) is 26.3 Å². The van der Waals surface area contributed by atoms with Crippen LogP contribution in [0.3, 0.4) is 0 Å². The Morgan fingerprint density at radius 3 is 2.71 bits per heavy atom. The predicted octanol–water partition coefficient (Wildman–Crippen LogP) is 2.30. The quantitative estimate of drug-likeness (QED) is 0.860. The van der Waals surface area contributed by atoms with Gasteiger partial charge in [0.2, 0.25) is 0 Å². The van der Waals surface area contributed by atoms with Gasteiger partial charge in [0, 0.05) is 31.2 Å². The topological polar surface area (TPSA) is 15.3 Å². The first-order valence-electron chi connectivity index (χ1n) is 6.60. The number of piperazine rings is 1. The monoisotopic (exact) mass is 232 g/mol. The molecule has 0 amide bonds. The number of benzene rings is 1. The van der Waals surface area contributed by atoms with E-state index in [4.69, 9.17) is 0 Å². The Morgan fingerprint density at radius 2 is 2.00 bits per heavy atom. The Morgan fingerprint density at radius 1 is 1.29 bits per heavy atom. The molecule has 0 aliphatic carbocycles.